The molecule has 7 nitrogen and oxygen atoms in total. The normalized spacial score (nSPS) is 21.8. The maximum Gasteiger partial charge on any atom is 0.312 e. The van der Waals surface area contributed by atoms with Gasteiger partial charge in [-0.05, 0) is 12.3 Å². The Morgan fingerprint density at radius 1 is 1.47 bits per heavy atom. The van der Waals surface area contributed by atoms with Crippen LogP contribution in [0.1, 0.15) is 26.7 Å². The Bertz CT molecular complexity index is 372. The van der Waals surface area contributed by atoms with Gasteiger partial charge in [0.15, 0.2) is 0 Å². The molecule has 0 radical (unpaired) electrons. The zero-order valence-corrected chi connectivity index (χ0v) is 11.3. The van der Waals surface area contributed by atoms with Crippen LogP contribution >= 0.6 is 0 Å². The van der Waals surface area contributed by atoms with Crippen LogP contribution in [0.2, 0.25) is 0 Å². The fourth-order valence-electron chi connectivity index (χ4n) is 2.20. The van der Waals surface area contributed by atoms with Gasteiger partial charge in [-0.25, -0.2) is 4.79 Å². The summed E-state index contributed by atoms with van der Waals surface area (Å²) in [5.74, 6) is -1.71. The van der Waals surface area contributed by atoms with Gasteiger partial charge in [-0.15, -0.1) is 0 Å². The molecule has 108 valence electrons. The van der Waals surface area contributed by atoms with Gasteiger partial charge >= 0.3 is 12.0 Å². The molecule has 0 aromatic heterocycles. The lowest BCUT2D eigenvalue weighted by atomic mass is 9.98. The lowest BCUT2D eigenvalue weighted by molar-refractivity contribution is -0.141. The summed E-state index contributed by atoms with van der Waals surface area (Å²) in [7, 11) is 0. The number of carbonyl (C=O) groups excluding carboxylic acids is 2. The number of aliphatic carboxylic acids is 1. The Labute approximate surface area is 112 Å². The number of hydrogen-bond acceptors (Lipinski definition) is 3. The fraction of sp³-hybridized carbons (Fsp3) is 0.750. The van der Waals surface area contributed by atoms with Crippen molar-refractivity contribution in [2.24, 2.45) is 17.6 Å². The highest BCUT2D eigenvalue weighted by molar-refractivity contribution is 5.87. The highest BCUT2D eigenvalue weighted by Crippen LogP contribution is 2.19. The molecule has 0 saturated carbocycles. The van der Waals surface area contributed by atoms with E-state index in [1.807, 2.05) is 13.8 Å². The van der Waals surface area contributed by atoms with E-state index >= 15 is 0 Å². The second-order valence-electron chi connectivity index (χ2n) is 4.98. The third-order valence-electron chi connectivity index (χ3n) is 3.63. The first-order valence-corrected chi connectivity index (χ1v) is 6.44. The monoisotopic (exact) mass is 271 g/mol. The number of urea groups is 1. The van der Waals surface area contributed by atoms with E-state index in [2.05, 4.69) is 5.32 Å². The number of carbonyl (C=O) groups is 3. The van der Waals surface area contributed by atoms with Gasteiger partial charge in [0, 0.05) is 13.1 Å². The van der Waals surface area contributed by atoms with E-state index in [1.54, 1.807) is 0 Å². The van der Waals surface area contributed by atoms with E-state index in [4.69, 9.17) is 10.8 Å². The molecule has 1 rings (SSSR count). The molecule has 1 fully saturated rings. The molecular formula is C12H21N3O4. The summed E-state index contributed by atoms with van der Waals surface area (Å²) < 4.78 is 0. The fourth-order valence-corrected chi connectivity index (χ4v) is 2.20. The van der Waals surface area contributed by atoms with Crippen LogP contribution in [0, 0.1) is 11.8 Å². The Morgan fingerprint density at radius 2 is 2.11 bits per heavy atom. The molecule has 3 atom stereocenters. The number of hydrogen-bond donors (Lipinski definition) is 3. The molecule has 1 saturated heterocycles. The minimum Gasteiger partial charge on any atom is -0.481 e. The summed E-state index contributed by atoms with van der Waals surface area (Å²) in [6.07, 6.45) is 1.16. The molecule has 1 heterocycles. The average Bonchev–Trinajstić information content (AvgIpc) is 2.83. The summed E-state index contributed by atoms with van der Waals surface area (Å²) >= 11 is 0. The van der Waals surface area contributed by atoms with Crippen molar-refractivity contribution in [3.63, 3.8) is 0 Å². The summed E-state index contributed by atoms with van der Waals surface area (Å²) in [6, 6.07) is -1.43. The van der Waals surface area contributed by atoms with E-state index < -0.39 is 24.0 Å². The van der Waals surface area contributed by atoms with Gasteiger partial charge in [0.2, 0.25) is 5.91 Å². The maximum absolute atomic E-state index is 12.3. The van der Waals surface area contributed by atoms with Crippen LogP contribution in [0.15, 0.2) is 0 Å². The van der Waals surface area contributed by atoms with Crippen molar-refractivity contribution in [1.82, 2.24) is 10.2 Å². The number of nitrogens with zero attached hydrogens (tertiary/aromatic N) is 1. The topological polar surface area (TPSA) is 113 Å². The lowest BCUT2D eigenvalue weighted by Gasteiger charge is -2.27. The molecule has 4 N–H and O–H groups in total. The number of carboxylic acids is 1. The van der Waals surface area contributed by atoms with Crippen molar-refractivity contribution in [3.8, 4) is 0 Å². The van der Waals surface area contributed by atoms with Crippen molar-refractivity contribution in [1.29, 1.82) is 0 Å². The molecule has 0 aromatic carbocycles. The minimum atomic E-state index is -0.891. The van der Waals surface area contributed by atoms with E-state index in [1.165, 1.54) is 4.90 Å². The van der Waals surface area contributed by atoms with Crippen molar-refractivity contribution in [3.05, 3.63) is 0 Å². The van der Waals surface area contributed by atoms with Gasteiger partial charge in [0.25, 0.3) is 0 Å². The molecular weight excluding hydrogens is 250 g/mol. The van der Waals surface area contributed by atoms with Gasteiger partial charge in [-0.3, -0.25) is 9.59 Å². The number of amides is 3. The predicted octanol–water partition coefficient (Wildman–Crippen LogP) is 0.00250. The van der Waals surface area contributed by atoms with Gasteiger partial charge < -0.3 is 21.1 Å². The third kappa shape index (κ3) is 3.84. The lowest BCUT2D eigenvalue weighted by Crippen LogP contribution is -2.52. The molecule has 0 aromatic rings. The van der Waals surface area contributed by atoms with Crippen molar-refractivity contribution < 1.29 is 19.5 Å². The van der Waals surface area contributed by atoms with Gasteiger partial charge in [-0.1, -0.05) is 20.3 Å². The van der Waals surface area contributed by atoms with Crippen LogP contribution < -0.4 is 11.1 Å². The first-order valence-electron chi connectivity index (χ1n) is 6.44. The molecule has 3 unspecified atom stereocenters. The maximum atomic E-state index is 12.3. The van der Waals surface area contributed by atoms with Crippen LogP contribution in [0.25, 0.3) is 0 Å². The Hall–Kier alpha value is -1.79. The van der Waals surface area contributed by atoms with Crippen molar-refractivity contribution >= 4 is 17.9 Å². The second-order valence-corrected chi connectivity index (χ2v) is 4.98. The van der Waals surface area contributed by atoms with E-state index in [0.29, 0.717) is 19.4 Å². The molecule has 0 aliphatic carbocycles. The second kappa shape index (κ2) is 6.40. The molecule has 0 bridgehead atoms. The van der Waals surface area contributed by atoms with Crippen molar-refractivity contribution in [2.45, 2.75) is 32.7 Å². The molecule has 7 heteroatoms. The number of carboxylic acid groups (broad SMARTS) is 1. The third-order valence-corrected chi connectivity index (χ3v) is 3.63. The molecule has 1 aliphatic rings. The highest BCUT2D eigenvalue weighted by atomic mass is 16.4. The number of rotatable bonds is 5. The molecule has 3 amide bonds. The number of primary amides is 1. The van der Waals surface area contributed by atoms with Gasteiger partial charge in [-0.2, -0.15) is 0 Å². The van der Waals surface area contributed by atoms with Crippen LogP contribution in [0.3, 0.4) is 0 Å². The first kappa shape index (κ1) is 15.3. The quantitative estimate of drug-likeness (QED) is 0.653. The van der Waals surface area contributed by atoms with Crippen LogP contribution in [-0.2, 0) is 9.59 Å². The molecule has 0 spiro atoms. The summed E-state index contributed by atoms with van der Waals surface area (Å²) in [6.45, 7) is 4.37. The highest BCUT2D eigenvalue weighted by Gasteiger charge is 2.36. The number of likely N-dealkylation sites (tertiary alicyclic amines) is 1. The zero-order chi connectivity index (χ0) is 14.6. The largest absolute Gasteiger partial charge is 0.481 e. The van der Waals surface area contributed by atoms with E-state index in [-0.39, 0.29) is 18.4 Å². The smallest absolute Gasteiger partial charge is 0.312 e. The van der Waals surface area contributed by atoms with Crippen molar-refractivity contribution in [2.75, 3.05) is 13.1 Å². The SMILES string of the molecule is CCC(C)C(NC(N)=O)C(=O)N1CCC(C(=O)O)C1. The number of nitrogens with one attached hydrogen (secondary N) is 1. The number of nitrogens with two attached hydrogens (primary N) is 1. The summed E-state index contributed by atoms with van der Waals surface area (Å²) in [5, 5.41) is 11.4. The summed E-state index contributed by atoms with van der Waals surface area (Å²) in [4.78, 5) is 35.7. The standard InChI is InChI=1S/C12H21N3O4/c1-3-7(2)9(14-12(13)19)10(16)15-5-4-8(6-15)11(17)18/h7-9H,3-6H2,1-2H3,(H,17,18)(H3,13,14,19). The predicted molar refractivity (Wildman–Crippen MR) is 68.3 cm³/mol. The minimum absolute atomic E-state index is 0.0520. The average molecular weight is 271 g/mol. The summed E-state index contributed by atoms with van der Waals surface area (Å²) in [5.41, 5.74) is 5.08. The van der Waals surface area contributed by atoms with Crippen LogP contribution in [-0.4, -0.2) is 47.0 Å². The van der Waals surface area contributed by atoms with Gasteiger partial charge in [0.1, 0.15) is 6.04 Å². The Balaban J connectivity index is 2.72. The van der Waals surface area contributed by atoms with Gasteiger partial charge in [0.05, 0.1) is 5.92 Å². The Morgan fingerprint density at radius 3 is 2.53 bits per heavy atom. The van der Waals surface area contributed by atoms with E-state index in [0.717, 1.165) is 0 Å². The molecule has 1 aliphatic heterocycles. The zero-order valence-electron chi connectivity index (χ0n) is 11.3. The van der Waals surface area contributed by atoms with Crippen LogP contribution in [0.5, 0.6) is 0 Å². The van der Waals surface area contributed by atoms with E-state index in [9.17, 15) is 14.4 Å². The molecule has 19 heavy (non-hydrogen) atoms. The Kier molecular flexibility index (Phi) is 5.14. The first-order chi connectivity index (χ1) is 8.86. The van der Waals surface area contributed by atoms with Crippen LogP contribution in [0.4, 0.5) is 4.79 Å².